The van der Waals surface area contributed by atoms with E-state index in [1.54, 1.807) is 0 Å². The lowest BCUT2D eigenvalue weighted by molar-refractivity contribution is -0.163. The van der Waals surface area contributed by atoms with E-state index in [4.69, 9.17) is 14.2 Å². The molecule has 0 aromatic carbocycles. The molecule has 0 saturated heterocycles. The van der Waals surface area contributed by atoms with Gasteiger partial charge in [0, 0.05) is 19.4 Å². The smallest absolute Gasteiger partial charge is 0.306 e. The van der Waals surface area contributed by atoms with E-state index >= 15 is 0 Å². The van der Waals surface area contributed by atoms with Gasteiger partial charge in [0.05, 0.1) is 6.61 Å². The number of hydrogen-bond donors (Lipinski definition) is 0. The molecule has 0 saturated carbocycles. The number of rotatable bonds is 56. The molecule has 406 valence electrons. The third-order valence-corrected chi connectivity index (χ3v) is 13.2. The van der Waals surface area contributed by atoms with E-state index in [0.29, 0.717) is 19.4 Å². The Bertz CT molecular complexity index is 1240. The Morgan fingerprint density at radius 2 is 0.643 bits per heavy atom. The van der Waals surface area contributed by atoms with Gasteiger partial charge in [0.2, 0.25) is 0 Å². The fourth-order valence-electron chi connectivity index (χ4n) is 8.71. The van der Waals surface area contributed by atoms with Crippen LogP contribution in [-0.4, -0.2) is 37.9 Å². The van der Waals surface area contributed by atoms with Gasteiger partial charge in [-0.05, 0) is 89.9 Å². The number of carbonyl (C=O) groups excluding carboxylic acids is 2. The summed E-state index contributed by atoms with van der Waals surface area (Å²) in [5, 5.41) is 0. The summed E-state index contributed by atoms with van der Waals surface area (Å²) in [5.74, 6) is -0.403. The second-order valence-corrected chi connectivity index (χ2v) is 20.2. The van der Waals surface area contributed by atoms with Crippen LogP contribution in [0.25, 0.3) is 0 Å². The lowest BCUT2D eigenvalue weighted by Crippen LogP contribution is -2.30. The maximum Gasteiger partial charge on any atom is 0.306 e. The van der Waals surface area contributed by atoms with Crippen LogP contribution in [-0.2, 0) is 23.8 Å². The zero-order valence-electron chi connectivity index (χ0n) is 46.8. The van der Waals surface area contributed by atoms with E-state index in [-0.39, 0.29) is 25.2 Å². The van der Waals surface area contributed by atoms with Gasteiger partial charge in [0.25, 0.3) is 0 Å². The van der Waals surface area contributed by atoms with Crippen LogP contribution < -0.4 is 0 Å². The molecule has 0 amide bonds. The Morgan fingerprint density at radius 1 is 0.329 bits per heavy atom. The molecule has 1 atom stereocenters. The number of hydrogen-bond acceptors (Lipinski definition) is 5. The number of carbonyl (C=O) groups is 2. The van der Waals surface area contributed by atoms with Crippen molar-refractivity contribution in [2.24, 2.45) is 0 Å². The van der Waals surface area contributed by atoms with Crippen molar-refractivity contribution in [3.8, 4) is 0 Å². The van der Waals surface area contributed by atoms with Crippen molar-refractivity contribution < 1.29 is 23.8 Å². The minimum absolute atomic E-state index is 0.0763. The van der Waals surface area contributed by atoms with Crippen molar-refractivity contribution in [1.29, 1.82) is 0 Å². The lowest BCUT2D eigenvalue weighted by atomic mass is 10.0. The lowest BCUT2D eigenvalue weighted by Gasteiger charge is -2.18. The molecule has 0 fully saturated rings. The summed E-state index contributed by atoms with van der Waals surface area (Å²) in [6.07, 6.45) is 79.3. The highest BCUT2D eigenvalue weighted by molar-refractivity contribution is 5.70. The predicted octanol–water partition coefficient (Wildman–Crippen LogP) is 21.0. The monoisotopic (exact) mass is 977 g/mol. The Kier molecular flexibility index (Phi) is 58.3. The molecule has 0 heterocycles. The van der Waals surface area contributed by atoms with Crippen LogP contribution in [0, 0.1) is 0 Å². The highest BCUT2D eigenvalue weighted by Crippen LogP contribution is 2.16. The number of unbranched alkanes of at least 4 members (excludes halogenated alkanes) is 33. The molecule has 5 heteroatoms. The van der Waals surface area contributed by atoms with Crippen molar-refractivity contribution in [2.75, 3.05) is 19.8 Å². The third kappa shape index (κ3) is 57.9. The van der Waals surface area contributed by atoms with Crippen LogP contribution in [0.1, 0.15) is 303 Å². The van der Waals surface area contributed by atoms with Crippen molar-refractivity contribution >= 4 is 11.9 Å². The largest absolute Gasteiger partial charge is 0.462 e. The van der Waals surface area contributed by atoms with E-state index in [0.717, 1.165) is 83.5 Å². The summed E-state index contributed by atoms with van der Waals surface area (Å²) < 4.78 is 17.5. The number of allylic oxidation sites excluding steroid dienone is 12. The molecule has 0 bridgehead atoms. The fraction of sp³-hybridized carbons (Fsp3) is 0.785. The quantitative estimate of drug-likeness (QED) is 0.0345. The molecule has 0 aliphatic carbocycles. The Balaban J connectivity index is 4.30. The molecule has 0 N–H and O–H groups in total. The molecule has 0 aromatic heterocycles. The maximum atomic E-state index is 12.9. The first-order chi connectivity index (χ1) is 34.6. The molecule has 0 rings (SSSR count). The van der Waals surface area contributed by atoms with Crippen LogP contribution >= 0.6 is 0 Å². The normalized spacial score (nSPS) is 12.7. The maximum absolute atomic E-state index is 12.9. The molecule has 0 aliphatic heterocycles. The highest BCUT2D eigenvalue weighted by atomic mass is 16.6. The van der Waals surface area contributed by atoms with Gasteiger partial charge in [-0.25, -0.2) is 0 Å². The standard InChI is InChI=1S/C65H116O5/c1-4-7-10-13-16-19-22-25-28-31-33-35-37-40-43-46-49-52-55-58-64(66)69-62-63(61-68-60-57-54-51-48-45-42-39-36-32-29-26-23-20-17-14-11-8-5-2)70-65(67)59-56-53-50-47-44-41-38-34-30-27-24-21-18-15-12-9-6-3/h7,10,16-17,19-20,25-26,28-29,33,35,63H,4-6,8-9,11-15,18,21-24,27,30-32,34,36-62H2,1-3H3/b10-7-,19-16-,20-17-,28-25-,29-26-,35-33-. The number of esters is 2. The SMILES string of the molecule is CC/C=C\C/C=C\C/C=C\C/C=C\CCCCCCCCC(=O)OCC(COCCCCCCCCCC/C=C\C/C=C\CCCCC)OC(=O)CCCCCCCCCCCCCCCCCCC. The molecule has 0 aromatic rings. The van der Waals surface area contributed by atoms with Crippen molar-refractivity contribution in [3.63, 3.8) is 0 Å². The second-order valence-electron chi connectivity index (χ2n) is 20.2. The summed E-state index contributed by atoms with van der Waals surface area (Å²) in [6, 6.07) is 0. The molecule has 0 radical (unpaired) electrons. The molecular formula is C65H116O5. The zero-order chi connectivity index (χ0) is 50.6. The molecule has 0 spiro atoms. The van der Waals surface area contributed by atoms with Gasteiger partial charge in [-0.1, -0.05) is 273 Å². The van der Waals surface area contributed by atoms with Crippen LogP contribution in [0.5, 0.6) is 0 Å². The molecule has 5 nitrogen and oxygen atoms in total. The van der Waals surface area contributed by atoms with Gasteiger partial charge in [-0.15, -0.1) is 0 Å². The first-order valence-corrected chi connectivity index (χ1v) is 30.5. The summed E-state index contributed by atoms with van der Waals surface area (Å²) in [6.45, 7) is 7.71. The van der Waals surface area contributed by atoms with Crippen LogP contribution in [0.4, 0.5) is 0 Å². The van der Waals surface area contributed by atoms with Gasteiger partial charge >= 0.3 is 11.9 Å². The van der Waals surface area contributed by atoms with Crippen molar-refractivity contribution in [1.82, 2.24) is 0 Å². The average Bonchev–Trinajstić information content (AvgIpc) is 3.36. The summed E-state index contributed by atoms with van der Waals surface area (Å²) in [5.41, 5.74) is 0. The van der Waals surface area contributed by atoms with E-state index in [9.17, 15) is 9.59 Å². The topological polar surface area (TPSA) is 61.8 Å². The van der Waals surface area contributed by atoms with E-state index in [2.05, 4.69) is 93.7 Å². The van der Waals surface area contributed by atoms with Gasteiger partial charge in [-0.3, -0.25) is 9.59 Å². The first-order valence-electron chi connectivity index (χ1n) is 30.5. The van der Waals surface area contributed by atoms with E-state index in [1.165, 1.54) is 186 Å². The second kappa shape index (κ2) is 60.6. The Morgan fingerprint density at radius 3 is 1.06 bits per heavy atom. The van der Waals surface area contributed by atoms with Crippen molar-refractivity contribution in [2.45, 2.75) is 309 Å². The predicted molar refractivity (Wildman–Crippen MR) is 307 cm³/mol. The van der Waals surface area contributed by atoms with E-state index in [1.807, 2.05) is 0 Å². The van der Waals surface area contributed by atoms with Crippen LogP contribution in [0.15, 0.2) is 72.9 Å². The van der Waals surface area contributed by atoms with Gasteiger partial charge in [0.1, 0.15) is 6.61 Å². The Hall–Kier alpha value is -2.66. The van der Waals surface area contributed by atoms with E-state index < -0.39 is 6.10 Å². The minimum Gasteiger partial charge on any atom is -0.462 e. The van der Waals surface area contributed by atoms with Crippen LogP contribution in [0.3, 0.4) is 0 Å². The fourth-order valence-corrected chi connectivity index (χ4v) is 8.71. The van der Waals surface area contributed by atoms with Gasteiger partial charge in [0.15, 0.2) is 6.10 Å². The number of ether oxygens (including phenoxy) is 3. The Labute approximate surface area is 436 Å². The zero-order valence-corrected chi connectivity index (χ0v) is 46.8. The summed E-state index contributed by atoms with van der Waals surface area (Å²) >= 11 is 0. The van der Waals surface area contributed by atoms with Crippen molar-refractivity contribution in [3.05, 3.63) is 72.9 Å². The van der Waals surface area contributed by atoms with Crippen LogP contribution in [0.2, 0.25) is 0 Å². The molecule has 1 unspecified atom stereocenters. The molecular weight excluding hydrogens is 861 g/mol. The highest BCUT2D eigenvalue weighted by Gasteiger charge is 2.17. The summed E-state index contributed by atoms with van der Waals surface area (Å²) in [4.78, 5) is 25.6. The van der Waals surface area contributed by atoms with Gasteiger partial charge in [-0.2, -0.15) is 0 Å². The molecule has 0 aliphatic rings. The van der Waals surface area contributed by atoms with Gasteiger partial charge < -0.3 is 14.2 Å². The molecule has 70 heavy (non-hydrogen) atoms. The minimum atomic E-state index is -0.547. The first kappa shape index (κ1) is 67.3. The summed E-state index contributed by atoms with van der Waals surface area (Å²) in [7, 11) is 0. The third-order valence-electron chi connectivity index (χ3n) is 13.2. The average molecular weight is 978 g/mol.